The van der Waals surface area contributed by atoms with Gasteiger partial charge >= 0.3 is 0 Å². The molecule has 2 aromatic rings. The Morgan fingerprint density at radius 2 is 2.29 bits per heavy atom. The highest BCUT2D eigenvalue weighted by molar-refractivity contribution is 7.12. The van der Waals surface area contributed by atoms with Gasteiger partial charge in [0.15, 0.2) is 0 Å². The molecule has 0 fully saturated rings. The Bertz CT molecular complexity index is 430. The summed E-state index contributed by atoms with van der Waals surface area (Å²) in [6, 6.07) is 4.05. The minimum atomic E-state index is -0.103. The van der Waals surface area contributed by atoms with Gasteiger partial charge < -0.3 is 10.3 Å². The summed E-state index contributed by atoms with van der Waals surface area (Å²) in [5, 5.41) is 0. The molecule has 0 amide bonds. The summed E-state index contributed by atoms with van der Waals surface area (Å²) in [5.74, 6) is 0.909. The van der Waals surface area contributed by atoms with Crippen molar-refractivity contribution in [1.29, 1.82) is 0 Å². The van der Waals surface area contributed by atoms with Crippen molar-refractivity contribution < 1.29 is 0 Å². The molecule has 0 radical (unpaired) electrons. The number of imidazole rings is 1. The smallest absolute Gasteiger partial charge is 0.130 e. The van der Waals surface area contributed by atoms with Gasteiger partial charge in [0.05, 0.1) is 6.04 Å². The predicted octanol–water partition coefficient (Wildman–Crippen LogP) is 1.84. The van der Waals surface area contributed by atoms with Gasteiger partial charge in [-0.25, -0.2) is 4.98 Å². The Labute approximate surface area is 87.2 Å². The molecule has 0 bridgehead atoms. The maximum Gasteiger partial charge on any atom is 0.130 e. The molecule has 3 nitrogen and oxygen atoms in total. The van der Waals surface area contributed by atoms with Crippen LogP contribution in [0.25, 0.3) is 0 Å². The van der Waals surface area contributed by atoms with E-state index in [2.05, 4.69) is 24.0 Å². The molecule has 0 aromatic carbocycles. The molecule has 2 N–H and O–H groups in total. The van der Waals surface area contributed by atoms with Crippen LogP contribution in [0.5, 0.6) is 0 Å². The third-order valence-electron chi connectivity index (χ3n) is 2.20. The third-order valence-corrected chi connectivity index (χ3v) is 3.29. The molecule has 14 heavy (non-hydrogen) atoms. The number of hydrogen-bond donors (Lipinski definition) is 1. The molecule has 0 aliphatic carbocycles. The maximum absolute atomic E-state index is 6.10. The lowest BCUT2D eigenvalue weighted by atomic mass is 10.2. The van der Waals surface area contributed by atoms with Crippen molar-refractivity contribution in [2.75, 3.05) is 0 Å². The lowest BCUT2D eigenvalue weighted by molar-refractivity contribution is 0.726. The second-order valence-corrected chi connectivity index (χ2v) is 4.64. The Hall–Kier alpha value is -1.13. The number of rotatable bonds is 2. The predicted molar refractivity (Wildman–Crippen MR) is 58.3 cm³/mol. The summed E-state index contributed by atoms with van der Waals surface area (Å²) < 4.78 is 1.96. The molecule has 74 valence electrons. The van der Waals surface area contributed by atoms with E-state index < -0.39 is 0 Å². The third kappa shape index (κ3) is 1.58. The van der Waals surface area contributed by atoms with Crippen molar-refractivity contribution in [3.8, 4) is 0 Å². The standard InChI is InChI=1S/C10H13N3S/c1-7-3-4-8(14-7)9(11)10-12-5-6-13(10)2/h3-6,9H,11H2,1-2H3. The van der Waals surface area contributed by atoms with Crippen LogP contribution in [-0.4, -0.2) is 9.55 Å². The summed E-state index contributed by atoms with van der Waals surface area (Å²) in [6.45, 7) is 2.08. The van der Waals surface area contributed by atoms with Crippen LogP contribution in [-0.2, 0) is 7.05 Å². The van der Waals surface area contributed by atoms with Crippen LogP contribution in [0.3, 0.4) is 0 Å². The van der Waals surface area contributed by atoms with Gasteiger partial charge in [0, 0.05) is 29.2 Å². The van der Waals surface area contributed by atoms with Crippen molar-refractivity contribution >= 4 is 11.3 Å². The Morgan fingerprint density at radius 3 is 2.79 bits per heavy atom. The SMILES string of the molecule is Cc1ccc(C(N)c2nccn2C)s1. The van der Waals surface area contributed by atoms with E-state index in [0.29, 0.717) is 0 Å². The molecule has 1 atom stereocenters. The average molecular weight is 207 g/mol. The first-order valence-corrected chi connectivity index (χ1v) is 5.29. The zero-order chi connectivity index (χ0) is 10.1. The van der Waals surface area contributed by atoms with E-state index in [-0.39, 0.29) is 6.04 Å². The molecule has 1 unspecified atom stereocenters. The van der Waals surface area contributed by atoms with Crippen LogP contribution >= 0.6 is 11.3 Å². The molecular formula is C10H13N3S. The van der Waals surface area contributed by atoms with Gasteiger partial charge in [0.2, 0.25) is 0 Å². The fourth-order valence-electron chi connectivity index (χ4n) is 1.42. The van der Waals surface area contributed by atoms with E-state index >= 15 is 0 Å². The summed E-state index contributed by atoms with van der Waals surface area (Å²) in [5.41, 5.74) is 6.10. The minimum Gasteiger partial charge on any atom is -0.336 e. The summed E-state index contributed by atoms with van der Waals surface area (Å²) in [7, 11) is 1.96. The van der Waals surface area contributed by atoms with Crippen LogP contribution in [0.1, 0.15) is 21.6 Å². The van der Waals surface area contributed by atoms with Crippen LogP contribution < -0.4 is 5.73 Å². The molecular weight excluding hydrogens is 194 g/mol. The quantitative estimate of drug-likeness (QED) is 0.816. The van der Waals surface area contributed by atoms with Crippen LogP contribution in [0.15, 0.2) is 24.5 Å². The van der Waals surface area contributed by atoms with Gasteiger partial charge in [0.1, 0.15) is 5.82 Å². The molecule has 4 heteroatoms. The molecule has 0 saturated carbocycles. The first kappa shape index (κ1) is 9.43. The second kappa shape index (κ2) is 3.55. The van der Waals surface area contributed by atoms with Crippen LogP contribution in [0.2, 0.25) is 0 Å². The largest absolute Gasteiger partial charge is 0.336 e. The Morgan fingerprint density at radius 1 is 1.50 bits per heavy atom. The zero-order valence-electron chi connectivity index (χ0n) is 8.27. The van der Waals surface area contributed by atoms with Gasteiger partial charge in [-0.05, 0) is 19.1 Å². The Balaban J connectivity index is 2.33. The first-order valence-electron chi connectivity index (χ1n) is 4.47. The molecule has 0 saturated heterocycles. The zero-order valence-corrected chi connectivity index (χ0v) is 9.08. The number of thiophene rings is 1. The minimum absolute atomic E-state index is 0.103. The van der Waals surface area contributed by atoms with Gasteiger partial charge in [-0.1, -0.05) is 0 Å². The number of nitrogens with zero attached hydrogens (tertiary/aromatic N) is 2. The lowest BCUT2D eigenvalue weighted by Crippen LogP contribution is -2.15. The van der Waals surface area contributed by atoms with Crippen molar-refractivity contribution in [2.24, 2.45) is 12.8 Å². The van der Waals surface area contributed by atoms with E-state index in [1.54, 1.807) is 17.5 Å². The van der Waals surface area contributed by atoms with Gasteiger partial charge in [-0.3, -0.25) is 0 Å². The monoisotopic (exact) mass is 207 g/mol. The molecule has 2 rings (SSSR count). The van der Waals surface area contributed by atoms with Crippen LogP contribution in [0, 0.1) is 6.92 Å². The van der Waals surface area contributed by atoms with Gasteiger partial charge in [-0.2, -0.15) is 0 Å². The second-order valence-electron chi connectivity index (χ2n) is 3.32. The highest BCUT2D eigenvalue weighted by Gasteiger charge is 2.14. The van der Waals surface area contributed by atoms with Gasteiger partial charge in [-0.15, -0.1) is 11.3 Å². The van der Waals surface area contributed by atoms with Crippen molar-refractivity contribution in [2.45, 2.75) is 13.0 Å². The fraction of sp³-hybridized carbons (Fsp3) is 0.300. The maximum atomic E-state index is 6.10. The van der Waals surface area contributed by atoms with Crippen molar-refractivity contribution in [3.63, 3.8) is 0 Å². The van der Waals surface area contributed by atoms with Crippen molar-refractivity contribution in [3.05, 3.63) is 40.1 Å². The molecule has 2 aromatic heterocycles. The topological polar surface area (TPSA) is 43.8 Å². The molecule has 0 aliphatic heterocycles. The average Bonchev–Trinajstić information content (AvgIpc) is 2.73. The molecule has 0 spiro atoms. The number of hydrogen-bond acceptors (Lipinski definition) is 3. The van der Waals surface area contributed by atoms with E-state index in [4.69, 9.17) is 5.73 Å². The summed E-state index contributed by atoms with van der Waals surface area (Å²) >= 11 is 1.72. The summed E-state index contributed by atoms with van der Waals surface area (Å²) in [6.07, 6.45) is 3.69. The highest BCUT2D eigenvalue weighted by Crippen LogP contribution is 2.24. The first-order chi connectivity index (χ1) is 6.68. The lowest BCUT2D eigenvalue weighted by Gasteiger charge is -2.08. The normalized spacial score (nSPS) is 13.1. The Kier molecular flexibility index (Phi) is 2.39. The highest BCUT2D eigenvalue weighted by atomic mass is 32.1. The van der Waals surface area contributed by atoms with E-state index in [0.717, 1.165) is 10.7 Å². The van der Waals surface area contributed by atoms with Gasteiger partial charge in [0.25, 0.3) is 0 Å². The van der Waals surface area contributed by atoms with E-state index in [9.17, 15) is 0 Å². The number of aromatic nitrogens is 2. The molecule has 0 aliphatic rings. The van der Waals surface area contributed by atoms with E-state index in [1.165, 1.54) is 4.88 Å². The summed E-state index contributed by atoms with van der Waals surface area (Å²) in [4.78, 5) is 6.69. The molecule has 2 heterocycles. The van der Waals surface area contributed by atoms with E-state index in [1.807, 2.05) is 17.8 Å². The number of nitrogens with two attached hydrogens (primary N) is 1. The number of aryl methyl sites for hydroxylation is 2. The van der Waals surface area contributed by atoms with Crippen LogP contribution in [0.4, 0.5) is 0 Å². The van der Waals surface area contributed by atoms with Crippen molar-refractivity contribution in [1.82, 2.24) is 9.55 Å². The fourth-order valence-corrected chi connectivity index (χ4v) is 2.30.